The molecule has 1 amide bonds. The summed E-state index contributed by atoms with van der Waals surface area (Å²) in [7, 11) is 1.55. The number of likely N-dealkylation sites (N-methyl/N-ethyl adjacent to an activating group) is 1. The number of rotatable bonds is 3. The van der Waals surface area contributed by atoms with Crippen molar-refractivity contribution >= 4 is 11.6 Å². The highest BCUT2D eigenvalue weighted by Crippen LogP contribution is 2.31. The Balaban J connectivity index is 2.42. The molecule has 0 spiro atoms. The number of hydrogen-bond donors (Lipinski definition) is 2. The van der Waals surface area contributed by atoms with Crippen LogP contribution in [-0.4, -0.2) is 43.9 Å². The van der Waals surface area contributed by atoms with E-state index in [0.717, 1.165) is 0 Å². The lowest BCUT2D eigenvalue weighted by molar-refractivity contribution is -0.124. The van der Waals surface area contributed by atoms with Crippen LogP contribution in [0.3, 0.4) is 0 Å². The molecule has 1 heterocycles. The van der Waals surface area contributed by atoms with Crippen LogP contribution in [0.15, 0.2) is 18.2 Å². The van der Waals surface area contributed by atoms with Crippen molar-refractivity contribution in [3.8, 4) is 0 Å². The summed E-state index contributed by atoms with van der Waals surface area (Å²) >= 11 is 0. The molecule has 110 valence electrons. The van der Waals surface area contributed by atoms with Crippen LogP contribution in [0.4, 0.5) is 10.1 Å². The largest absolute Gasteiger partial charge is 0.389 e. The molecule has 2 N–H and O–H groups in total. The highest BCUT2D eigenvalue weighted by atomic mass is 19.1. The lowest BCUT2D eigenvalue weighted by Gasteiger charge is -2.37. The number of nitrogens with zero attached hydrogens (tertiary/aromatic N) is 1. The molecular weight excluding hydrogens is 263 g/mol. The molecular formula is C14H19FN2O3. The molecule has 0 aromatic heterocycles. The zero-order chi connectivity index (χ0) is 14.7. The Bertz CT molecular complexity index is 493. The highest BCUT2D eigenvalue weighted by Gasteiger charge is 2.31. The molecule has 5 nitrogen and oxygen atoms in total. The van der Waals surface area contributed by atoms with E-state index in [0.29, 0.717) is 18.8 Å². The number of aliphatic hydroxyl groups is 1. The minimum Gasteiger partial charge on any atom is -0.389 e. The normalized spacial score (nSPS) is 20.6. The van der Waals surface area contributed by atoms with Crippen LogP contribution >= 0.6 is 0 Å². The monoisotopic (exact) mass is 282 g/mol. The van der Waals surface area contributed by atoms with Crippen LogP contribution in [0.25, 0.3) is 0 Å². The van der Waals surface area contributed by atoms with Crippen LogP contribution in [0, 0.1) is 5.82 Å². The van der Waals surface area contributed by atoms with Crippen molar-refractivity contribution in [2.75, 3.05) is 31.7 Å². The summed E-state index contributed by atoms with van der Waals surface area (Å²) in [6.07, 6.45) is -0.945. The van der Waals surface area contributed by atoms with Crippen LogP contribution in [0.2, 0.25) is 0 Å². The molecule has 0 bridgehead atoms. The van der Waals surface area contributed by atoms with Gasteiger partial charge in [-0.3, -0.25) is 4.79 Å². The standard InChI is InChI=1S/C14H19FN2O3/c1-9(18)13-10(15)4-3-5-11(13)17-6-7-20-8-12(17)14(19)16-2/h3-5,9,12,18H,6-8H2,1-2H3,(H,16,19)/t9-,12?/m0/s1. The van der Waals surface area contributed by atoms with Gasteiger partial charge in [0, 0.05) is 24.8 Å². The van der Waals surface area contributed by atoms with Gasteiger partial charge in [-0.1, -0.05) is 6.07 Å². The molecule has 1 aromatic carbocycles. The highest BCUT2D eigenvalue weighted by molar-refractivity contribution is 5.85. The molecule has 0 aliphatic carbocycles. The SMILES string of the molecule is CNC(=O)C1COCCN1c1cccc(F)c1[C@H](C)O. The summed E-state index contributed by atoms with van der Waals surface area (Å²) in [5.74, 6) is -0.662. The number of anilines is 1. The first-order valence-electron chi connectivity index (χ1n) is 6.58. The van der Waals surface area contributed by atoms with E-state index in [4.69, 9.17) is 4.74 Å². The van der Waals surface area contributed by atoms with E-state index < -0.39 is 18.0 Å². The fourth-order valence-corrected chi connectivity index (χ4v) is 2.47. The number of morpholine rings is 1. The minimum absolute atomic E-state index is 0.189. The molecule has 1 unspecified atom stereocenters. The third-order valence-corrected chi connectivity index (χ3v) is 3.43. The van der Waals surface area contributed by atoms with Gasteiger partial charge in [-0.05, 0) is 19.1 Å². The smallest absolute Gasteiger partial charge is 0.244 e. The van der Waals surface area contributed by atoms with E-state index in [-0.39, 0.29) is 18.1 Å². The Hall–Kier alpha value is -1.66. The fraction of sp³-hybridized carbons (Fsp3) is 0.500. The summed E-state index contributed by atoms with van der Waals surface area (Å²) in [4.78, 5) is 13.7. The van der Waals surface area contributed by atoms with E-state index >= 15 is 0 Å². The van der Waals surface area contributed by atoms with Gasteiger partial charge in [0.15, 0.2) is 0 Å². The molecule has 2 rings (SSSR count). The van der Waals surface area contributed by atoms with Crippen molar-refractivity contribution in [1.82, 2.24) is 5.32 Å². The maximum absolute atomic E-state index is 13.9. The Kier molecular flexibility index (Phi) is 4.57. The molecule has 0 saturated carbocycles. The van der Waals surface area contributed by atoms with Crippen molar-refractivity contribution in [3.63, 3.8) is 0 Å². The van der Waals surface area contributed by atoms with Crippen LogP contribution in [0.1, 0.15) is 18.6 Å². The summed E-state index contributed by atoms with van der Waals surface area (Å²) in [6, 6.07) is 4.08. The molecule has 1 aromatic rings. The van der Waals surface area contributed by atoms with E-state index in [2.05, 4.69) is 5.32 Å². The molecule has 0 radical (unpaired) electrons. The maximum atomic E-state index is 13.9. The van der Waals surface area contributed by atoms with Gasteiger partial charge in [0.2, 0.25) is 5.91 Å². The van der Waals surface area contributed by atoms with Crippen molar-refractivity contribution in [1.29, 1.82) is 0 Å². The zero-order valence-electron chi connectivity index (χ0n) is 11.6. The minimum atomic E-state index is -0.945. The van der Waals surface area contributed by atoms with E-state index in [9.17, 15) is 14.3 Å². The summed E-state index contributed by atoms with van der Waals surface area (Å²) in [6.45, 7) is 2.69. The van der Waals surface area contributed by atoms with E-state index in [1.807, 2.05) is 0 Å². The maximum Gasteiger partial charge on any atom is 0.244 e. The number of hydrogen-bond acceptors (Lipinski definition) is 4. The molecule has 20 heavy (non-hydrogen) atoms. The molecule has 1 aliphatic heterocycles. The second-order valence-electron chi connectivity index (χ2n) is 4.75. The first kappa shape index (κ1) is 14.7. The number of ether oxygens (including phenoxy) is 1. The number of aliphatic hydroxyl groups excluding tert-OH is 1. The van der Waals surface area contributed by atoms with Gasteiger partial charge in [0.25, 0.3) is 0 Å². The van der Waals surface area contributed by atoms with Gasteiger partial charge >= 0.3 is 0 Å². The first-order chi connectivity index (χ1) is 9.56. The van der Waals surface area contributed by atoms with Crippen molar-refractivity contribution in [2.45, 2.75) is 19.1 Å². The predicted molar refractivity (Wildman–Crippen MR) is 73.1 cm³/mol. The first-order valence-corrected chi connectivity index (χ1v) is 6.58. The second-order valence-corrected chi connectivity index (χ2v) is 4.75. The van der Waals surface area contributed by atoms with Crippen LogP contribution in [-0.2, 0) is 9.53 Å². The Labute approximate surface area is 117 Å². The van der Waals surface area contributed by atoms with Crippen LogP contribution < -0.4 is 10.2 Å². The fourth-order valence-electron chi connectivity index (χ4n) is 2.47. The summed E-state index contributed by atoms with van der Waals surface area (Å²) in [5.41, 5.74) is 0.750. The average molecular weight is 282 g/mol. The topological polar surface area (TPSA) is 61.8 Å². The van der Waals surface area contributed by atoms with Crippen molar-refractivity contribution < 1.29 is 19.0 Å². The lowest BCUT2D eigenvalue weighted by Crippen LogP contribution is -2.53. The quantitative estimate of drug-likeness (QED) is 0.862. The van der Waals surface area contributed by atoms with E-state index in [1.165, 1.54) is 13.0 Å². The Morgan fingerprint density at radius 3 is 3.00 bits per heavy atom. The van der Waals surface area contributed by atoms with Gasteiger partial charge in [0.05, 0.1) is 19.3 Å². The van der Waals surface area contributed by atoms with Gasteiger partial charge in [-0.2, -0.15) is 0 Å². The number of nitrogens with one attached hydrogen (secondary N) is 1. The van der Waals surface area contributed by atoms with E-state index in [1.54, 1.807) is 24.1 Å². The average Bonchev–Trinajstić information content (AvgIpc) is 2.45. The molecule has 1 saturated heterocycles. The van der Waals surface area contributed by atoms with Crippen LogP contribution in [0.5, 0.6) is 0 Å². The number of carbonyl (C=O) groups excluding carboxylic acids is 1. The number of halogens is 1. The Morgan fingerprint density at radius 2 is 2.35 bits per heavy atom. The molecule has 6 heteroatoms. The van der Waals surface area contributed by atoms with Gasteiger partial charge in [0.1, 0.15) is 11.9 Å². The zero-order valence-corrected chi connectivity index (χ0v) is 11.6. The number of amides is 1. The van der Waals surface area contributed by atoms with Gasteiger partial charge in [-0.15, -0.1) is 0 Å². The van der Waals surface area contributed by atoms with Gasteiger partial charge < -0.3 is 20.1 Å². The van der Waals surface area contributed by atoms with Gasteiger partial charge in [-0.25, -0.2) is 4.39 Å². The van der Waals surface area contributed by atoms with Crippen molar-refractivity contribution in [2.24, 2.45) is 0 Å². The molecule has 2 atom stereocenters. The lowest BCUT2D eigenvalue weighted by atomic mass is 10.0. The third-order valence-electron chi connectivity index (χ3n) is 3.43. The summed E-state index contributed by atoms with van der Waals surface area (Å²) in [5, 5.41) is 12.4. The third kappa shape index (κ3) is 2.76. The van der Waals surface area contributed by atoms with Crippen molar-refractivity contribution in [3.05, 3.63) is 29.6 Å². The molecule has 1 aliphatic rings. The summed E-state index contributed by atoms with van der Waals surface area (Å²) < 4.78 is 19.3. The number of benzene rings is 1. The molecule has 1 fully saturated rings. The number of carbonyl (C=O) groups is 1. The second kappa shape index (κ2) is 6.19. The predicted octanol–water partition coefficient (Wildman–Crippen LogP) is 0.830. The Morgan fingerprint density at radius 1 is 1.60 bits per heavy atom.